The maximum Gasteiger partial charge on any atom is 0.291 e. The van der Waals surface area contributed by atoms with Gasteiger partial charge in [0.25, 0.3) is 5.91 Å². The molecule has 0 saturated carbocycles. The van der Waals surface area contributed by atoms with Gasteiger partial charge in [0.05, 0.1) is 6.26 Å². The first-order valence-corrected chi connectivity index (χ1v) is 9.68. The van der Waals surface area contributed by atoms with Gasteiger partial charge in [0.2, 0.25) is 0 Å². The summed E-state index contributed by atoms with van der Waals surface area (Å²) in [6, 6.07) is 11.4. The Kier molecular flexibility index (Phi) is 7.67. The highest BCUT2D eigenvalue weighted by molar-refractivity contribution is 6.02. The number of amides is 1. The van der Waals surface area contributed by atoms with Gasteiger partial charge in [0.15, 0.2) is 11.7 Å². The van der Waals surface area contributed by atoms with E-state index in [1.807, 2.05) is 24.3 Å². The average Bonchev–Trinajstić information content (AvgIpc) is 3.19. The van der Waals surface area contributed by atoms with Crippen molar-refractivity contribution in [3.05, 3.63) is 54.0 Å². The van der Waals surface area contributed by atoms with Gasteiger partial charge in [0.1, 0.15) is 0 Å². The second-order valence-electron chi connectivity index (χ2n) is 8.20. The molecule has 0 fully saturated rings. The first-order chi connectivity index (χ1) is 13.3. The highest BCUT2D eigenvalue weighted by Gasteiger charge is 2.13. The Hall–Kier alpha value is -2.76. The summed E-state index contributed by atoms with van der Waals surface area (Å²) in [5.74, 6) is 0.822. The largest absolute Gasteiger partial charge is 0.459 e. The Morgan fingerprint density at radius 2 is 1.89 bits per heavy atom. The standard InChI is InChI=1S/C22H32N4O2/c1-16(12-13-22(2,3)4)25-21(23-5)24-15-17-8-10-18(11-9-17)26-20(27)19-7-6-14-28-19/h6-11,14,16H,12-13,15H2,1-5H3,(H,26,27)(H2,23,24,25). The van der Waals surface area contributed by atoms with Crippen LogP contribution in [0.5, 0.6) is 0 Å². The molecule has 0 radical (unpaired) electrons. The number of furan rings is 1. The highest BCUT2D eigenvalue weighted by Crippen LogP contribution is 2.21. The molecule has 0 aliphatic rings. The summed E-state index contributed by atoms with van der Waals surface area (Å²) in [6.45, 7) is 9.60. The molecule has 2 rings (SSSR count). The maximum atomic E-state index is 12.0. The van der Waals surface area contributed by atoms with E-state index in [4.69, 9.17) is 4.42 Å². The molecule has 0 aliphatic carbocycles. The van der Waals surface area contributed by atoms with Gasteiger partial charge in [-0.2, -0.15) is 0 Å². The zero-order valence-electron chi connectivity index (χ0n) is 17.5. The molecule has 6 heteroatoms. The molecule has 1 atom stereocenters. The number of aliphatic imine (C=N–C) groups is 1. The zero-order chi connectivity index (χ0) is 20.6. The summed E-state index contributed by atoms with van der Waals surface area (Å²) in [7, 11) is 1.78. The van der Waals surface area contributed by atoms with Crippen LogP contribution in [-0.4, -0.2) is 25.0 Å². The van der Waals surface area contributed by atoms with Gasteiger partial charge in [-0.05, 0) is 55.0 Å². The summed E-state index contributed by atoms with van der Waals surface area (Å²) >= 11 is 0. The minimum absolute atomic E-state index is 0.260. The number of hydrogen-bond donors (Lipinski definition) is 3. The summed E-state index contributed by atoms with van der Waals surface area (Å²) in [5, 5.41) is 9.58. The fourth-order valence-electron chi connectivity index (χ4n) is 2.64. The normalized spacial score (nSPS) is 13.1. The van der Waals surface area contributed by atoms with Gasteiger partial charge in [-0.3, -0.25) is 9.79 Å². The number of carbonyl (C=O) groups excluding carboxylic acids is 1. The molecule has 0 spiro atoms. The van der Waals surface area contributed by atoms with Crippen LogP contribution >= 0.6 is 0 Å². The quantitative estimate of drug-likeness (QED) is 0.488. The van der Waals surface area contributed by atoms with E-state index in [0.29, 0.717) is 23.8 Å². The zero-order valence-corrected chi connectivity index (χ0v) is 17.5. The number of benzene rings is 1. The molecule has 1 heterocycles. The van der Waals surface area contributed by atoms with E-state index >= 15 is 0 Å². The lowest BCUT2D eigenvalue weighted by molar-refractivity contribution is 0.0996. The molecule has 1 aromatic heterocycles. The van der Waals surface area contributed by atoms with Crippen molar-refractivity contribution in [1.29, 1.82) is 0 Å². The van der Waals surface area contributed by atoms with Crippen molar-refractivity contribution in [2.75, 3.05) is 12.4 Å². The van der Waals surface area contributed by atoms with Crippen molar-refractivity contribution in [2.24, 2.45) is 10.4 Å². The fraction of sp³-hybridized carbons (Fsp3) is 0.455. The Bertz CT molecular complexity index is 759. The average molecular weight is 385 g/mol. The highest BCUT2D eigenvalue weighted by atomic mass is 16.3. The minimum Gasteiger partial charge on any atom is -0.459 e. The topological polar surface area (TPSA) is 78.7 Å². The van der Waals surface area contributed by atoms with Gasteiger partial charge >= 0.3 is 0 Å². The molecule has 6 nitrogen and oxygen atoms in total. The molecule has 28 heavy (non-hydrogen) atoms. The SMILES string of the molecule is CN=C(NCc1ccc(NC(=O)c2ccco2)cc1)NC(C)CCC(C)(C)C. The van der Waals surface area contributed by atoms with Gasteiger partial charge in [-0.15, -0.1) is 0 Å². The molecule has 0 bridgehead atoms. The summed E-state index contributed by atoms with van der Waals surface area (Å²) in [6.07, 6.45) is 3.73. The number of guanidine groups is 1. The van der Waals surface area contributed by atoms with Gasteiger partial charge in [0, 0.05) is 25.3 Å². The molecule has 1 aromatic carbocycles. The van der Waals surface area contributed by atoms with Crippen LogP contribution in [0.1, 0.15) is 56.7 Å². The van der Waals surface area contributed by atoms with Crippen LogP contribution in [0.4, 0.5) is 5.69 Å². The summed E-state index contributed by atoms with van der Waals surface area (Å²) in [5.41, 5.74) is 2.16. The third kappa shape index (κ3) is 7.47. The number of nitrogens with one attached hydrogen (secondary N) is 3. The number of anilines is 1. The van der Waals surface area contributed by atoms with Crippen molar-refractivity contribution in [3.63, 3.8) is 0 Å². The fourth-order valence-corrected chi connectivity index (χ4v) is 2.64. The van der Waals surface area contributed by atoms with Crippen molar-refractivity contribution in [3.8, 4) is 0 Å². The Labute approximate surface area is 167 Å². The molecule has 2 aromatic rings. The molecule has 152 valence electrons. The third-order valence-electron chi connectivity index (χ3n) is 4.35. The summed E-state index contributed by atoms with van der Waals surface area (Å²) < 4.78 is 5.09. The first-order valence-electron chi connectivity index (χ1n) is 9.68. The van der Waals surface area contributed by atoms with Crippen molar-refractivity contribution < 1.29 is 9.21 Å². The Balaban J connectivity index is 1.80. The molecular weight excluding hydrogens is 352 g/mol. The molecule has 0 saturated heterocycles. The number of hydrogen-bond acceptors (Lipinski definition) is 3. The van der Waals surface area contributed by atoms with Crippen LogP contribution in [0.25, 0.3) is 0 Å². The lowest BCUT2D eigenvalue weighted by Gasteiger charge is -2.23. The lowest BCUT2D eigenvalue weighted by Crippen LogP contribution is -2.42. The van der Waals surface area contributed by atoms with Crippen LogP contribution in [0.2, 0.25) is 0 Å². The molecule has 1 amide bonds. The van der Waals surface area contributed by atoms with E-state index in [-0.39, 0.29) is 5.91 Å². The van der Waals surface area contributed by atoms with E-state index < -0.39 is 0 Å². The second kappa shape index (κ2) is 9.97. The van der Waals surface area contributed by atoms with E-state index in [1.54, 1.807) is 19.2 Å². The minimum atomic E-state index is -0.260. The molecular formula is C22H32N4O2. The summed E-state index contributed by atoms with van der Waals surface area (Å²) in [4.78, 5) is 16.3. The van der Waals surface area contributed by atoms with Crippen LogP contribution in [-0.2, 0) is 6.54 Å². The lowest BCUT2D eigenvalue weighted by atomic mass is 9.89. The van der Waals surface area contributed by atoms with Crippen molar-refractivity contribution in [1.82, 2.24) is 10.6 Å². The number of nitrogens with zero attached hydrogens (tertiary/aromatic N) is 1. The maximum absolute atomic E-state index is 12.0. The third-order valence-corrected chi connectivity index (χ3v) is 4.35. The van der Waals surface area contributed by atoms with E-state index in [2.05, 4.69) is 48.6 Å². The van der Waals surface area contributed by atoms with Crippen LogP contribution in [0.15, 0.2) is 52.1 Å². The van der Waals surface area contributed by atoms with Gasteiger partial charge in [-0.25, -0.2) is 0 Å². The van der Waals surface area contributed by atoms with Crippen molar-refractivity contribution in [2.45, 2.75) is 53.1 Å². The number of carbonyl (C=O) groups is 1. The predicted molar refractivity (Wildman–Crippen MR) is 115 cm³/mol. The molecule has 1 unspecified atom stereocenters. The van der Waals surface area contributed by atoms with Gasteiger partial charge < -0.3 is 20.4 Å². The van der Waals surface area contributed by atoms with E-state index in [1.165, 1.54) is 6.26 Å². The molecule has 0 aliphatic heterocycles. The van der Waals surface area contributed by atoms with E-state index in [9.17, 15) is 4.79 Å². The van der Waals surface area contributed by atoms with Crippen LogP contribution < -0.4 is 16.0 Å². The monoisotopic (exact) mass is 384 g/mol. The smallest absolute Gasteiger partial charge is 0.291 e. The Morgan fingerprint density at radius 3 is 2.46 bits per heavy atom. The Morgan fingerprint density at radius 1 is 1.18 bits per heavy atom. The second-order valence-corrected chi connectivity index (χ2v) is 8.20. The predicted octanol–water partition coefficient (Wildman–Crippen LogP) is 4.41. The number of rotatable bonds is 7. The van der Waals surface area contributed by atoms with Crippen LogP contribution in [0.3, 0.4) is 0 Å². The van der Waals surface area contributed by atoms with E-state index in [0.717, 1.165) is 30.1 Å². The van der Waals surface area contributed by atoms with Gasteiger partial charge in [-0.1, -0.05) is 32.9 Å². The van der Waals surface area contributed by atoms with Crippen molar-refractivity contribution >= 4 is 17.6 Å². The first kappa shape index (κ1) is 21.5. The van der Waals surface area contributed by atoms with Crippen LogP contribution in [0, 0.1) is 5.41 Å². The molecule has 3 N–H and O–H groups in total.